The highest BCUT2D eigenvalue weighted by atomic mass is 35.5. The number of carbonyl (C=O) groups is 1. The van der Waals surface area contributed by atoms with Crippen LogP contribution in [0.1, 0.15) is 37.7 Å². The van der Waals surface area contributed by atoms with Crippen molar-refractivity contribution >= 4 is 33.2 Å². The van der Waals surface area contributed by atoms with E-state index in [1.165, 1.54) is 23.5 Å². The van der Waals surface area contributed by atoms with Crippen molar-refractivity contribution in [3.63, 3.8) is 0 Å². The molecule has 0 radical (unpaired) electrons. The van der Waals surface area contributed by atoms with Crippen LogP contribution in [0.3, 0.4) is 0 Å². The van der Waals surface area contributed by atoms with Crippen LogP contribution >= 0.6 is 11.6 Å². The van der Waals surface area contributed by atoms with Crippen molar-refractivity contribution in [3.05, 3.63) is 53.1 Å². The summed E-state index contributed by atoms with van der Waals surface area (Å²) < 4.78 is 38.4. The predicted octanol–water partition coefficient (Wildman–Crippen LogP) is 4.21. The number of benzene rings is 2. The van der Waals surface area contributed by atoms with Gasteiger partial charge in [0.2, 0.25) is 15.9 Å². The van der Waals surface area contributed by atoms with Gasteiger partial charge in [-0.1, -0.05) is 43.0 Å². The lowest BCUT2D eigenvalue weighted by Crippen LogP contribution is -2.42. The molecule has 0 aromatic heterocycles. The Kier molecular flexibility index (Phi) is 7.28. The molecule has 0 spiro atoms. The Morgan fingerprint density at radius 1 is 1.09 bits per heavy atom. The average Bonchev–Trinajstić information content (AvgIpc) is 2.85. The summed E-state index contributed by atoms with van der Waals surface area (Å²) in [5.74, 6) is 0.227. The van der Waals surface area contributed by atoms with Crippen LogP contribution in [0.4, 0.5) is 5.69 Å². The van der Waals surface area contributed by atoms with Gasteiger partial charge in [-0.3, -0.25) is 4.79 Å². The maximum atomic E-state index is 13.7. The summed E-state index contributed by atoms with van der Waals surface area (Å²) in [6.45, 7) is 1.32. The van der Waals surface area contributed by atoms with E-state index in [9.17, 15) is 13.2 Å². The smallest absolute Gasteiger partial charge is 0.243 e. The van der Waals surface area contributed by atoms with Crippen molar-refractivity contribution in [3.8, 4) is 5.75 Å². The van der Waals surface area contributed by atoms with Gasteiger partial charge in [-0.2, -0.15) is 4.31 Å². The van der Waals surface area contributed by atoms with Gasteiger partial charge in [0, 0.05) is 18.1 Å². The summed E-state index contributed by atoms with van der Waals surface area (Å²) in [6.07, 6.45) is 4.34. The van der Waals surface area contributed by atoms with E-state index in [1.807, 2.05) is 18.2 Å². The molecule has 7 nitrogen and oxygen atoms in total. The molecule has 0 atom stereocenters. The van der Waals surface area contributed by atoms with Crippen molar-refractivity contribution in [1.29, 1.82) is 0 Å². The van der Waals surface area contributed by atoms with Gasteiger partial charge in [0.05, 0.1) is 36.3 Å². The highest BCUT2D eigenvalue weighted by molar-refractivity contribution is 7.89. The summed E-state index contributed by atoms with van der Waals surface area (Å²) in [6, 6.07) is 12.0. The number of hydrogen-bond acceptors (Lipinski definition) is 5. The Bertz CT molecular complexity index is 1110. The maximum Gasteiger partial charge on any atom is 0.243 e. The topological polar surface area (TPSA) is 84.9 Å². The number of amides is 1. The second-order valence-electron chi connectivity index (χ2n) is 8.49. The SMILES string of the molecule is COc1ccc(S(=O)(=O)N2CCOCC2)cc1NC(=O)C1(c2cccc(Cl)c2)CCCCC1. The first kappa shape index (κ1) is 24.0. The molecule has 9 heteroatoms. The van der Waals surface area contributed by atoms with Crippen LogP contribution in [0.25, 0.3) is 0 Å². The van der Waals surface area contributed by atoms with E-state index in [0.717, 1.165) is 24.8 Å². The lowest BCUT2D eigenvalue weighted by Gasteiger charge is -2.36. The molecule has 0 bridgehead atoms. The molecule has 1 N–H and O–H groups in total. The van der Waals surface area contributed by atoms with E-state index >= 15 is 0 Å². The normalized spacial score (nSPS) is 19.1. The van der Waals surface area contributed by atoms with Gasteiger partial charge < -0.3 is 14.8 Å². The molecule has 2 aromatic carbocycles. The number of anilines is 1. The molecular weight excluding hydrogens is 464 g/mol. The Morgan fingerprint density at radius 3 is 2.48 bits per heavy atom. The zero-order valence-electron chi connectivity index (χ0n) is 18.7. The number of carbonyl (C=O) groups excluding carboxylic acids is 1. The summed E-state index contributed by atoms with van der Waals surface area (Å²) >= 11 is 6.25. The lowest BCUT2D eigenvalue weighted by molar-refractivity contribution is -0.122. The van der Waals surface area contributed by atoms with Crippen LogP contribution in [0, 0.1) is 0 Å². The van der Waals surface area contributed by atoms with Gasteiger partial charge in [-0.25, -0.2) is 8.42 Å². The number of rotatable bonds is 6. The molecule has 1 aliphatic carbocycles. The molecule has 33 heavy (non-hydrogen) atoms. The summed E-state index contributed by atoms with van der Waals surface area (Å²) in [4.78, 5) is 13.9. The molecule has 1 aliphatic heterocycles. The minimum atomic E-state index is -3.71. The Labute approximate surface area is 200 Å². The minimum Gasteiger partial charge on any atom is -0.495 e. The standard InChI is InChI=1S/C24H29ClN2O5S/c1-31-22-9-8-20(33(29,30)27-12-14-32-15-13-27)17-21(22)26-23(28)24(10-3-2-4-11-24)18-6-5-7-19(25)16-18/h5-9,16-17H,2-4,10-15H2,1H3,(H,26,28). The maximum absolute atomic E-state index is 13.7. The number of sulfonamides is 1. The number of hydrogen-bond donors (Lipinski definition) is 1. The largest absolute Gasteiger partial charge is 0.495 e. The highest BCUT2D eigenvalue weighted by Gasteiger charge is 2.41. The third-order valence-electron chi connectivity index (χ3n) is 6.55. The number of halogens is 1. The quantitative estimate of drug-likeness (QED) is 0.653. The highest BCUT2D eigenvalue weighted by Crippen LogP contribution is 2.42. The van der Waals surface area contributed by atoms with E-state index < -0.39 is 15.4 Å². The number of nitrogens with zero attached hydrogens (tertiary/aromatic N) is 1. The van der Waals surface area contributed by atoms with Crippen LogP contribution < -0.4 is 10.1 Å². The van der Waals surface area contributed by atoms with Gasteiger partial charge in [-0.05, 0) is 48.7 Å². The zero-order valence-corrected chi connectivity index (χ0v) is 20.3. The van der Waals surface area contributed by atoms with E-state index in [2.05, 4.69) is 5.32 Å². The third kappa shape index (κ3) is 4.89. The van der Waals surface area contributed by atoms with Crippen LogP contribution in [-0.4, -0.2) is 52.0 Å². The first-order valence-corrected chi connectivity index (χ1v) is 13.0. The fraction of sp³-hybridized carbons (Fsp3) is 0.458. The average molecular weight is 493 g/mol. The van der Waals surface area contributed by atoms with Crippen LogP contribution in [0.15, 0.2) is 47.4 Å². The minimum absolute atomic E-state index is 0.112. The molecule has 1 amide bonds. The summed E-state index contributed by atoms with van der Waals surface area (Å²) in [7, 11) is -2.22. The first-order chi connectivity index (χ1) is 15.9. The molecule has 2 fully saturated rings. The van der Waals surface area contributed by atoms with E-state index in [0.29, 0.717) is 55.6 Å². The number of methoxy groups -OCH3 is 1. The summed E-state index contributed by atoms with van der Waals surface area (Å²) in [5.41, 5.74) is 0.486. The molecule has 1 saturated heterocycles. The Hall–Kier alpha value is -2.13. The van der Waals surface area contributed by atoms with Gasteiger partial charge in [-0.15, -0.1) is 0 Å². The second kappa shape index (κ2) is 10.0. The van der Waals surface area contributed by atoms with Crippen molar-refractivity contribution in [2.75, 3.05) is 38.7 Å². The fourth-order valence-electron chi connectivity index (χ4n) is 4.71. The van der Waals surface area contributed by atoms with Crippen LogP contribution in [0.5, 0.6) is 5.75 Å². The van der Waals surface area contributed by atoms with Gasteiger partial charge in [0.25, 0.3) is 0 Å². The van der Waals surface area contributed by atoms with Crippen molar-refractivity contribution < 1.29 is 22.7 Å². The van der Waals surface area contributed by atoms with Gasteiger partial charge in [0.1, 0.15) is 5.75 Å². The summed E-state index contributed by atoms with van der Waals surface area (Å²) in [5, 5.41) is 3.58. The predicted molar refractivity (Wildman–Crippen MR) is 127 cm³/mol. The Morgan fingerprint density at radius 2 is 1.82 bits per heavy atom. The van der Waals surface area contributed by atoms with Crippen LogP contribution in [-0.2, 0) is 25.0 Å². The number of morpholine rings is 1. The second-order valence-corrected chi connectivity index (χ2v) is 10.9. The first-order valence-electron chi connectivity index (χ1n) is 11.2. The molecule has 2 aromatic rings. The molecule has 178 valence electrons. The van der Waals surface area contributed by atoms with Gasteiger partial charge in [0.15, 0.2) is 0 Å². The number of nitrogens with one attached hydrogen (secondary N) is 1. The van der Waals surface area contributed by atoms with Crippen molar-refractivity contribution in [1.82, 2.24) is 4.31 Å². The lowest BCUT2D eigenvalue weighted by atomic mass is 9.68. The van der Waals surface area contributed by atoms with E-state index in [-0.39, 0.29) is 10.8 Å². The zero-order chi connectivity index (χ0) is 23.5. The molecule has 4 rings (SSSR count). The molecule has 1 heterocycles. The van der Waals surface area contributed by atoms with Crippen LogP contribution in [0.2, 0.25) is 5.02 Å². The molecule has 0 unspecified atom stereocenters. The molecule has 2 aliphatic rings. The number of ether oxygens (including phenoxy) is 2. The van der Waals surface area contributed by atoms with Crippen molar-refractivity contribution in [2.24, 2.45) is 0 Å². The Balaban J connectivity index is 1.68. The fourth-order valence-corrected chi connectivity index (χ4v) is 6.34. The van der Waals surface area contributed by atoms with E-state index in [4.69, 9.17) is 21.1 Å². The monoisotopic (exact) mass is 492 g/mol. The van der Waals surface area contributed by atoms with Crippen molar-refractivity contribution in [2.45, 2.75) is 42.4 Å². The van der Waals surface area contributed by atoms with Gasteiger partial charge >= 0.3 is 0 Å². The third-order valence-corrected chi connectivity index (χ3v) is 8.68. The molecule has 1 saturated carbocycles. The van der Waals surface area contributed by atoms with E-state index in [1.54, 1.807) is 12.1 Å². The molecular formula is C24H29ClN2O5S.